The second-order valence-corrected chi connectivity index (χ2v) is 8.88. The van der Waals surface area contributed by atoms with Gasteiger partial charge in [0.1, 0.15) is 6.04 Å². The fraction of sp³-hybridized carbons (Fsp3) is 0.524. The first-order chi connectivity index (χ1) is 13.8. The van der Waals surface area contributed by atoms with Crippen LogP contribution in [-0.2, 0) is 5.54 Å². The number of rotatable bonds is 3. The maximum atomic E-state index is 13.2. The summed E-state index contributed by atoms with van der Waals surface area (Å²) in [5, 5.41) is 23.4. The van der Waals surface area contributed by atoms with Gasteiger partial charge in [-0.15, -0.1) is 5.10 Å². The average Bonchev–Trinajstić information content (AvgIpc) is 3.15. The second-order valence-electron chi connectivity index (χ2n) is 8.88. The lowest BCUT2D eigenvalue weighted by molar-refractivity contribution is 0.0647. The lowest BCUT2D eigenvalue weighted by atomic mass is 9.98. The first-order valence-corrected chi connectivity index (χ1v) is 10.1. The van der Waals surface area contributed by atoms with E-state index in [9.17, 15) is 9.90 Å². The van der Waals surface area contributed by atoms with Gasteiger partial charge in [-0.2, -0.15) is 0 Å². The van der Waals surface area contributed by atoms with E-state index in [1.54, 1.807) is 4.68 Å². The summed E-state index contributed by atoms with van der Waals surface area (Å²) in [5.41, 5.74) is 2.05. The number of para-hydroxylation sites is 1. The summed E-state index contributed by atoms with van der Waals surface area (Å²) < 4.78 is 1.79. The highest BCUT2D eigenvalue weighted by atomic mass is 16.3. The van der Waals surface area contributed by atoms with E-state index in [1.165, 1.54) is 0 Å². The third kappa shape index (κ3) is 3.70. The molecule has 8 nitrogen and oxygen atoms in total. The molecule has 0 radical (unpaired) electrons. The molecule has 1 aliphatic heterocycles. The molecule has 8 heteroatoms. The van der Waals surface area contributed by atoms with Crippen molar-refractivity contribution >= 4 is 10.9 Å². The minimum Gasteiger partial charge on any atom is -0.393 e. The van der Waals surface area contributed by atoms with Crippen LogP contribution in [0.5, 0.6) is 0 Å². The molecule has 2 N–H and O–H groups in total. The molecule has 1 unspecified atom stereocenters. The number of nitrogens with zero attached hydrogens (tertiary/aromatic N) is 5. The summed E-state index contributed by atoms with van der Waals surface area (Å²) in [4.78, 5) is 18.4. The quantitative estimate of drug-likeness (QED) is 0.703. The Morgan fingerprint density at radius 2 is 1.97 bits per heavy atom. The molecule has 0 amide bonds. The zero-order valence-corrected chi connectivity index (χ0v) is 17.4. The molecule has 0 aliphatic carbocycles. The molecule has 0 spiro atoms. The van der Waals surface area contributed by atoms with Crippen LogP contribution in [0.2, 0.25) is 0 Å². The molecule has 1 aliphatic rings. The number of benzene rings is 1. The van der Waals surface area contributed by atoms with E-state index < -0.39 is 0 Å². The maximum absolute atomic E-state index is 13.2. The number of aryl methyl sites for hydroxylation is 1. The molecule has 1 atom stereocenters. The third-order valence-electron chi connectivity index (χ3n) is 5.65. The van der Waals surface area contributed by atoms with E-state index in [1.807, 2.05) is 52.0 Å². The number of aliphatic hydroxyl groups is 1. The molecule has 1 fully saturated rings. The number of hydrogen-bond acceptors (Lipinski definition) is 6. The number of aromatic amines is 1. The number of piperidine rings is 1. The predicted octanol–water partition coefficient (Wildman–Crippen LogP) is 2.12. The van der Waals surface area contributed by atoms with E-state index in [2.05, 4.69) is 25.4 Å². The topological polar surface area (TPSA) is 99.9 Å². The summed E-state index contributed by atoms with van der Waals surface area (Å²) >= 11 is 0. The van der Waals surface area contributed by atoms with Crippen molar-refractivity contribution in [1.29, 1.82) is 0 Å². The standard InChI is InChI=1S/C21H28N6O2/c1-13-6-5-7-14-12-16(20(29)22-17(13)14)18(26-10-8-15(28)9-11-26)19-23-24-25-27(19)21(2,3)4/h5-7,12,15,18,28H,8-11H2,1-4H3,(H,22,29). The lowest BCUT2D eigenvalue weighted by Gasteiger charge is -2.36. The summed E-state index contributed by atoms with van der Waals surface area (Å²) in [5.74, 6) is 0.645. The number of aromatic nitrogens is 5. The van der Waals surface area contributed by atoms with Crippen LogP contribution in [-0.4, -0.2) is 54.4 Å². The van der Waals surface area contributed by atoms with Gasteiger partial charge < -0.3 is 10.1 Å². The molecule has 2 aromatic heterocycles. The van der Waals surface area contributed by atoms with Gasteiger partial charge in [0.15, 0.2) is 5.82 Å². The Balaban J connectivity index is 1.90. The average molecular weight is 396 g/mol. The Morgan fingerprint density at radius 3 is 2.66 bits per heavy atom. The highest BCUT2D eigenvalue weighted by Gasteiger charge is 2.34. The van der Waals surface area contributed by atoms with Crippen molar-refractivity contribution in [2.45, 2.75) is 58.2 Å². The molecule has 4 rings (SSSR count). The van der Waals surface area contributed by atoms with Crippen molar-refractivity contribution < 1.29 is 5.11 Å². The van der Waals surface area contributed by atoms with Gasteiger partial charge in [0.05, 0.1) is 17.2 Å². The van der Waals surface area contributed by atoms with Crippen LogP contribution in [0.1, 0.15) is 56.6 Å². The third-order valence-corrected chi connectivity index (χ3v) is 5.65. The minimum atomic E-state index is -0.384. The molecule has 154 valence electrons. The van der Waals surface area contributed by atoms with E-state index in [4.69, 9.17) is 0 Å². The van der Waals surface area contributed by atoms with Crippen molar-refractivity contribution in [3.05, 3.63) is 51.6 Å². The van der Waals surface area contributed by atoms with Crippen molar-refractivity contribution in [2.75, 3.05) is 13.1 Å². The van der Waals surface area contributed by atoms with Gasteiger partial charge in [0.25, 0.3) is 5.56 Å². The first kappa shape index (κ1) is 19.7. The molecule has 1 aromatic carbocycles. The molecule has 3 heterocycles. The first-order valence-electron chi connectivity index (χ1n) is 10.1. The highest BCUT2D eigenvalue weighted by Crippen LogP contribution is 2.31. The largest absolute Gasteiger partial charge is 0.393 e. The van der Waals surface area contributed by atoms with Gasteiger partial charge in [-0.05, 0) is 68.0 Å². The maximum Gasteiger partial charge on any atom is 0.253 e. The SMILES string of the molecule is Cc1cccc2cc(C(c3nnnn3C(C)(C)C)N3CCC(O)CC3)c(=O)[nH]c12. The van der Waals surface area contributed by atoms with E-state index in [0.717, 1.165) is 16.5 Å². The number of pyridine rings is 1. The van der Waals surface area contributed by atoms with Crippen LogP contribution in [0, 0.1) is 6.92 Å². The van der Waals surface area contributed by atoms with Crippen LogP contribution in [0.4, 0.5) is 0 Å². The van der Waals surface area contributed by atoms with Gasteiger partial charge in [0, 0.05) is 18.7 Å². The van der Waals surface area contributed by atoms with E-state index in [0.29, 0.717) is 37.3 Å². The molecule has 1 saturated heterocycles. The number of H-pyrrole nitrogens is 1. The Bertz CT molecular complexity index is 1070. The molecule has 0 saturated carbocycles. The van der Waals surface area contributed by atoms with Crippen molar-refractivity contribution in [3.63, 3.8) is 0 Å². The molecule has 0 bridgehead atoms. The molecular weight excluding hydrogens is 368 g/mol. The Morgan fingerprint density at radius 1 is 1.24 bits per heavy atom. The van der Waals surface area contributed by atoms with Gasteiger partial charge in [0.2, 0.25) is 0 Å². The van der Waals surface area contributed by atoms with Crippen LogP contribution in [0.15, 0.2) is 29.1 Å². The number of nitrogens with one attached hydrogen (secondary N) is 1. The fourth-order valence-electron chi connectivity index (χ4n) is 4.09. The number of aliphatic hydroxyl groups excluding tert-OH is 1. The predicted molar refractivity (Wildman–Crippen MR) is 111 cm³/mol. The van der Waals surface area contributed by atoms with Crippen molar-refractivity contribution in [3.8, 4) is 0 Å². The Labute approximate surface area is 169 Å². The second kappa shape index (κ2) is 7.35. The summed E-state index contributed by atoms with van der Waals surface area (Å²) in [6, 6.07) is 7.56. The fourth-order valence-corrected chi connectivity index (χ4v) is 4.09. The van der Waals surface area contributed by atoms with Crippen LogP contribution < -0.4 is 5.56 Å². The summed E-state index contributed by atoms with van der Waals surface area (Å²) in [7, 11) is 0. The number of hydrogen-bond donors (Lipinski definition) is 2. The van der Waals surface area contributed by atoms with Gasteiger partial charge in [-0.3, -0.25) is 9.69 Å². The van der Waals surface area contributed by atoms with Crippen molar-refractivity contribution in [2.24, 2.45) is 0 Å². The molecule has 29 heavy (non-hydrogen) atoms. The van der Waals surface area contributed by atoms with Crippen LogP contribution in [0.25, 0.3) is 10.9 Å². The number of likely N-dealkylation sites (tertiary alicyclic amines) is 1. The Hall–Kier alpha value is -2.58. The van der Waals surface area contributed by atoms with Gasteiger partial charge in [-0.25, -0.2) is 4.68 Å². The van der Waals surface area contributed by atoms with E-state index in [-0.39, 0.29) is 23.2 Å². The van der Waals surface area contributed by atoms with Gasteiger partial charge >= 0.3 is 0 Å². The molecular formula is C21H28N6O2. The zero-order chi connectivity index (χ0) is 20.8. The monoisotopic (exact) mass is 396 g/mol. The van der Waals surface area contributed by atoms with Gasteiger partial charge in [-0.1, -0.05) is 18.2 Å². The van der Waals surface area contributed by atoms with E-state index >= 15 is 0 Å². The molecule has 3 aromatic rings. The van der Waals surface area contributed by atoms with Crippen molar-refractivity contribution in [1.82, 2.24) is 30.1 Å². The highest BCUT2D eigenvalue weighted by molar-refractivity contribution is 5.82. The normalized spacial score (nSPS) is 17.7. The summed E-state index contributed by atoms with van der Waals surface area (Å²) in [6.07, 6.45) is 1.03. The number of fused-ring (bicyclic) bond motifs is 1. The minimum absolute atomic E-state index is 0.133. The summed E-state index contributed by atoms with van der Waals surface area (Å²) in [6.45, 7) is 9.46. The van der Waals surface area contributed by atoms with Crippen LogP contribution in [0.3, 0.4) is 0 Å². The van der Waals surface area contributed by atoms with Crippen LogP contribution >= 0.6 is 0 Å². The number of tetrazole rings is 1. The smallest absolute Gasteiger partial charge is 0.253 e. The zero-order valence-electron chi connectivity index (χ0n) is 17.4. The Kier molecular flexibility index (Phi) is 5.00. The lowest BCUT2D eigenvalue weighted by Crippen LogP contribution is -2.42.